The largest absolute Gasteiger partial charge is 0.229 e. The van der Waals surface area contributed by atoms with Gasteiger partial charge in [0, 0.05) is 10.9 Å². The molecule has 2 aliphatic rings. The minimum atomic E-state index is -2.50. The van der Waals surface area contributed by atoms with Gasteiger partial charge in [0.1, 0.15) is 0 Å². The van der Waals surface area contributed by atoms with Crippen LogP contribution in [0, 0.1) is 112 Å². The van der Waals surface area contributed by atoms with Crippen molar-refractivity contribution in [2.75, 3.05) is 0 Å². The fourth-order valence-corrected chi connectivity index (χ4v) is 13.0. The van der Waals surface area contributed by atoms with Gasteiger partial charge in [0.2, 0.25) is 6.71 Å². The number of aryl methyl sites for hydroxylation is 6. The molecule has 0 heterocycles. The summed E-state index contributed by atoms with van der Waals surface area (Å²) in [5.74, 6) is -26.1. The van der Waals surface area contributed by atoms with Crippen molar-refractivity contribution < 1.29 is 43.9 Å². The highest BCUT2D eigenvalue weighted by atomic mass is 31.1. The minimum Gasteiger partial charge on any atom is -0.204 e. The maximum absolute atomic E-state index is 15.9. The zero-order valence-electron chi connectivity index (χ0n) is 27.5. The average Bonchev–Trinajstić information content (AvgIpc) is 3.64. The van der Waals surface area contributed by atoms with Crippen LogP contribution in [0.3, 0.4) is 0 Å². The van der Waals surface area contributed by atoms with Crippen LogP contribution in [0.15, 0.2) is 24.3 Å². The fraction of sp³-hybridized carbons (Fsp3) is 0.351. The van der Waals surface area contributed by atoms with Gasteiger partial charge in [0.25, 0.3) is 0 Å². The summed E-state index contributed by atoms with van der Waals surface area (Å²) in [7, 11) is -1.62. The molecule has 2 saturated carbocycles. The van der Waals surface area contributed by atoms with E-state index in [1.165, 1.54) is 0 Å². The van der Waals surface area contributed by atoms with Crippen LogP contribution in [0.2, 0.25) is 5.82 Å². The lowest BCUT2D eigenvalue weighted by Crippen LogP contribution is -2.57. The van der Waals surface area contributed by atoms with Gasteiger partial charge in [-0.15, -0.1) is 0 Å². The van der Waals surface area contributed by atoms with Gasteiger partial charge in [-0.25, -0.2) is 43.9 Å². The molecule has 4 atom stereocenters. The Balaban J connectivity index is 1.75. The Hall–Kier alpha value is -3.33. The van der Waals surface area contributed by atoms with E-state index >= 15 is 17.6 Å². The number of benzene rings is 4. The molecule has 0 amide bonds. The third-order valence-electron chi connectivity index (χ3n) is 10.5. The van der Waals surface area contributed by atoms with E-state index in [1.807, 2.05) is 65.8 Å². The maximum Gasteiger partial charge on any atom is 0.229 e. The van der Waals surface area contributed by atoms with Crippen LogP contribution in [0.1, 0.15) is 52.6 Å². The quantitative estimate of drug-likeness (QED) is 0.0618. The maximum atomic E-state index is 15.9. The normalized spacial score (nSPS) is 20.2. The average molecular weight is 708 g/mol. The van der Waals surface area contributed by atoms with E-state index in [4.69, 9.17) is 0 Å². The van der Waals surface area contributed by atoms with Crippen molar-refractivity contribution in [3.05, 3.63) is 116 Å². The highest BCUT2D eigenvalue weighted by Gasteiger charge is 2.58. The molecule has 0 aromatic heterocycles. The Morgan fingerprint density at radius 2 is 0.776 bits per heavy atom. The molecular formula is C37H32BF10P. The molecule has 2 aliphatic carbocycles. The van der Waals surface area contributed by atoms with Crippen LogP contribution in [0.4, 0.5) is 43.9 Å². The Bertz CT molecular complexity index is 1800. The number of rotatable bonds is 6. The Labute approximate surface area is 279 Å². The highest BCUT2D eigenvalue weighted by Crippen LogP contribution is 2.65. The van der Waals surface area contributed by atoms with Gasteiger partial charge in [-0.2, -0.15) is 0 Å². The molecule has 4 aromatic rings. The van der Waals surface area contributed by atoms with Crippen LogP contribution >= 0.6 is 7.92 Å². The third kappa shape index (κ3) is 5.50. The van der Waals surface area contributed by atoms with Crippen molar-refractivity contribution in [1.82, 2.24) is 0 Å². The molecule has 0 nitrogen and oxygen atoms in total. The van der Waals surface area contributed by atoms with E-state index in [2.05, 4.69) is 0 Å². The summed E-state index contributed by atoms with van der Waals surface area (Å²) in [5.41, 5.74) is 1.47. The molecule has 258 valence electrons. The lowest BCUT2D eigenvalue weighted by Gasteiger charge is -2.43. The molecule has 0 N–H and O–H groups in total. The lowest BCUT2D eigenvalue weighted by atomic mass is 9.30. The zero-order chi connectivity index (χ0) is 36.0. The summed E-state index contributed by atoms with van der Waals surface area (Å²) in [6.07, 6.45) is 1.34. The van der Waals surface area contributed by atoms with Gasteiger partial charge in [-0.05, 0) is 118 Å². The van der Waals surface area contributed by atoms with Crippen LogP contribution in [-0.2, 0) is 0 Å². The van der Waals surface area contributed by atoms with Gasteiger partial charge in [-0.3, -0.25) is 0 Å². The molecule has 12 heteroatoms. The first-order valence-corrected chi connectivity index (χ1v) is 17.4. The summed E-state index contributed by atoms with van der Waals surface area (Å²) < 4.78 is 152. The van der Waals surface area contributed by atoms with Gasteiger partial charge < -0.3 is 0 Å². The molecule has 0 aliphatic heterocycles. The molecule has 2 fully saturated rings. The van der Waals surface area contributed by atoms with E-state index in [1.54, 1.807) is 0 Å². The van der Waals surface area contributed by atoms with Crippen molar-refractivity contribution in [2.24, 2.45) is 11.8 Å². The number of hydrogen-bond donors (Lipinski definition) is 0. The molecule has 4 aromatic carbocycles. The predicted molar refractivity (Wildman–Crippen MR) is 173 cm³/mol. The molecule has 6 rings (SSSR count). The van der Waals surface area contributed by atoms with Gasteiger partial charge in [-0.1, -0.05) is 41.8 Å². The van der Waals surface area contributed by atoms with E-state index in [0.29, 0.717) is 19.3 Å². The number of halogens is 10. The van der Waals surface area contributed by atoms with Crippen molar-refractivity contribution in [1.29, 1.82) is 0 Å². The second-order valence-electron chi connectivity index (χ2n) is 13.7. The van der Waals surface area contributed by atoms with E-state index in [-0.39, 0.29) is 5.92 Å². The summed E-state index contributed by atoms with van der Waals surface area (Å²) in [6, 6.07) is 7.85. The molecule has 2 bridgehead atoms. The third-order valence-corrected chi connectivity index (χ3v) is 14.2. The van der Waals surface area contributed by atoms with Crippen molar-refractivity contribution in [3.8, 4) is 0 Å². The smallest absolute Gasteiger partial charge is 0.204 e. The topological polar surface area (TPSA) is 0 Å². The summed E-state index contributed by atoms with van der Waals surface area (Å²) >= 11 is 0. The summed E-state index contributed by atoms with van der Waals surface area (Å²) in [6.45, 7) is 9.02. The monoisotopic (exact) mass is 708 g/mol. The van der Waals surface area contributed by atoms with Crippen molar-refractivity contribution in [2.45, 2.75) is 72.3 Å². The SMILES string of the molecule is Cc1cc(C)c(P(c2c(C)cc(C)cc2C)[C@H]2[C@H]3CC[C@H](C3)[C@@H]2B(c2c(F)c(F)c(F)c(F)c2F)c2c(F)c(F)c(F)c(F)c2F)c(C)c1. The van der Waals surface area contributed by atoms with Gasteiger partial charge >= 0.3 is 0 Å². The van der Waals surface area contributed by atoms with E-state index in [9.17, 15) is 26.3 Å². The van der Waals surface area contributed by atoms with Crippen molar-refractivity contribution >= 4 is 36.2 Å². The Morgan fingerprint density at radius 1 is 0.469 bits per heavy atom. The van der Waals surface area contributed by atoms with Crippen LogP contribution in [0.5, 0.6) is 0 Å². The Morgan fingerprint density at radius 3 is 1.12 bits per heavy atom. The van der Waals surface area contributed by atoms with Gasteiger partial charge in [0.15, 0.2) is 58.2 Å². The van der Waals surface area contributed by atoms with E-state index < -0.39 is 101 Å². The second-order valence-corrected chi connectivity index (χ2v) is 15.9. The lowest BCUT2D eigenvalue weighted by molar-refractivity contribution is 0.381. The number of hydrogen-bond acceptors (Lipinski definition) is 0. The molecule has 0 spiro atoms. The summed E-state index contributed by atoms with van der Waals surface area (Å²) in [5, 5.41) is 1.76. The van der Waals surface area contributed by atoms with Crippen LogP contribution in [0.25, 0.3) is 0 Å². The Kier molecular flexibility index (Phi) is 9.25. The minimum absolute atomic E-state index is 0.244. The highest BCUT2D eigenvalue weighted by molar-refractivity contribution is 7.74. The van der Waals surface area contributed by atoms with E-state index in [0.717, 1.165) is 44.0 Å². The summed E-state index contributed by atoms with van der Waals surface area (Å²) in [4.78, 5) is 0. The zero-order valence-corrected chi connectivity index (χ0v) is 28.4. The van der Waals surface area contributed by atoms with Crippen molar-refractivity contribution in [3.63, 3.8) is 0 Å². The molecule has 0 radical (unpaired) electrons. The van der Waals surface area contributed by atoms with Gasteiger partial charge in [0.05, 0.1) is 0 Å². The standard InChI is InChI=1S/C37H32BF10P/c1-14-9-16(3)35(17(4)10-14)49(36-18(5)11-15(2)12-19(36)6)37-21-8-7-20(13-21)22(37)38(23-25(39)29(43)33(47)30(44)26(23)40)24-27(41)31(45)34(48)32(46)28(24)42/h9-12,20-22,37H,7-8,13H2,1-6H3/t20-,21+,22+,37+/m1/s1. The first-order valence-electron chi connectivity index (χ1n) is 15.9. The van der Waals surface area contributed by atoms with Crippen LogP contribution < -0.4 is 21.5 Å². The second kappa shape index (κ2) is 12.8. The predicted octanol–water partition coefficient (Wildman–Crippen LogP) is 8.84. The molecular weight excluding hydrogens is 676 g/mol. The first kappa shape index (κ1) is 35.5. The van der Waals surface area contributed by atoms with Crippen LogP contribution in [-0.4, -0.2) is 12.4 Å². The fourth-order valence-electron chi connectivity index (χ4n) is 8.99. The molecule has 49 heavy (non-hydrogen) atoms. The number of fused-ring (bicyclic) bond motifs is 2. The first-order chi connectivity index (χ1) is 23.0. The molecule has 0 saturated heterocycles. The molecule has 0 unspecified atom stereocenters.